The first-order chi connectivity index (χ1) is 12.1. The van der Waals surface area contributed by atoms with Crippen LogP contribution in [0.3, 0.4) is 0 Å². The van der Waals surface area contributed by atoms with Gasteiger partial charge in [0.05, 0.1) is 26.8 Å². The van der Waals surface area contributed by atoms with Crippen LogP contribution in [0, 0.1) is 12.7 Å². The van der Waals surface area contributed by atoms with Crippen LogP contribution < -0.4 is 5.69 Å². The maximum atomic E-state index is 14.1. The average Bonchev–Trinajstić information content (AvgIpc) is 2.55. The van der Waals surface area contributed by atoms with Crippen molar-refractivity contribution in [3.8, 4) is 5.69 Å². The van der Waals surface area contributed by atoms with Crippen LogP contribution in [0.15, 0.2) is 11.0 Å². The van der Waals surface area contributed by atoms with Crippen LogP contribution in [0.5, 0.6) is 0 Å². The summed E-state index contributed by atoms with van der Waals surface area (Å²) in [6.45, 7) is 5.54. The summed E-state index contributed by atoms with van der Waals surface area (Å²) >= 11 is 24.1. The molecule has 0 aliphatic rings. The molecule has 0 atom stereocenters. The van der Waals surface area contributed by atoms with E-state index in [0.29, 0.717) is 22.0 Å². The highest BCUT2D eigenvalue weighted by molar-refractivity contribution is 6.42. The summed E-state index contributed by atoms with van der Waals surface area (Å²) in [7, 11) is 0. The largest absolute Gasteiger partial charge is 0.355 e. The Balaban J connectivity index is 2.61. The molecule has 10 heteroatoms. The zero-order chi connectivity index (χ0) is 19.3. The van der Waals surface area contributed by atoms with E-state index >= 15 is 0 Å². The van der Waals surface area contributed by atoms with E-state index in [-0.39, 0.29) is 27.1 Å². The Bertz CT molecular complexity index is 1110. The van der Waals surface area contributed by atoms with E-state index in [2.05, 4.69) is 15.0 Å². The summed E-state index contributed by atoms with van der Waals surface area (Å²) in [6.07, 6.45) is 1.50. The summed E-state index contributed by atoms with van der Waals surface area (Å²) in [5, 5.41) is -0.808. The molecule has 0 bridgehead atoms. The first-order valence-corrected chi connectivity index (χ1v) is 8.94. The number of hydrogen-bond acceptors (Lipinski definition) is 4. The van der Waals surface area contributed by atoms with E-state index < -0.39 is 16.7 Å². The highest BCUT2D eigenvalue weighted by atomic mass is 35.5. The van der Waals surface area contributed by atoms with Crippen LogP contribution in [-0.4, -0.2) is 19.5 Å². The van der Waals surface area contributed by atoms with Gasteiger partial charge in [-0.3, -0.25) is 4.98 Å². The maximum absolute atomic E-state index is 14.1. The van der Waals surface area contributed by atoms with Crippen molar-refractivity contribution in [1.82, 2.24) is 19.5 Å². The predicted molar refractivity (Wildman–Crippen MR) is 102 cm³/mol. The minimum absolute atomic E-state index is 0.0242. The lowest BCUT2D eigenvalue weighted by molar-refractivity contribution is 0.624. The molecule has 3 rings (SSSR count). The van der Waals surface area contributed by atoms with Gasteiger partial charge < -0.3 is 0 Å². The Morgan fingerprint density at radius 2 is 1.77 bits per heavy atom. The lowest BCUT2D eigenvalue weighted by Crippen LogP contribution is -2.25. The molecule has 0 saturated carbocycles. The van der Waals surface area contributed by atoms with Crippen molar-refractivity contribution in [2.75, 3.05) is 0 Å². The highest BCUT2D eigenvalue weighted by Gasteiger charge is 2.24. The molecule has 0 aromatic carbocycles. The van der Waals surface area contributed by atoms with E-state index in [4.69, 9.17) is 46.4 Å². The summed E-state index contributed by atoms with van der Waals surface area (Å²) in [5.74, 6) is -0.996. The Morgan fingerprint density at radius 1 is 1.12 bits per heavy atom. The number of hydrogen-bond donors (Lipinski definition) is 0. The third-order valence-corrected chi connectivity index (χ3v) is 5.13. The fourth-order valence-electron chi connectivity index (χ4n) is 2.62. The molecule has 5 nitrogen and oxygen atoms in total. The van der Waals surface area contributed by atoms with Crippen LogP contribution in [0.2, 0.25) is 20.4 Å². The minimum atomic E-state index is -0.945. The number of rotatable bonds is 2. The van der Waals surface area contributed by atoms with Gasteiger partial charge in [0.2, 0.25) is 0 Å². The smallest absolute Gasteiger partial charge is 0.257 e. The maximum Gasteiger partial charge on any atom is 0.355 e. The predicted octanol–water partition coefficient (Wildman–Crippen LogP) is 5.36. The molecule has 0 aliphatic carbocycles. The van der Waals surface area contributed by atoms with Gasteiger partial charge in [0.15, 0.2) is 16.6 Å². The van der Waals surface area contributed by atoms with Crippen LogP contribution >= 0.6 is 46.4 Å². The molecule has 0 amide bonds. The molecule has 136 valence electrons. The molecule has 3 aromatic heterocycles. The minimum Gasteiger partial charge on any atom is -0.257 e. The molecular formula is C16H11Cl4FN4O. The fourth-order valence-corrected chi connectivity index (χ4v) is 3.54. The van der Waals surface area contributed by atoms with Gasteiger partial charge in [0.25, 0.3) is 0 Å². The highest BCUT2D eigenvalue weighted by Crippen LogP contribution is 2.35. The zero-order valence-corrected chi connectivity index (χ0v) is 16.8. The quantitative estimate of drug-likeness (QED) is 0.401. The third-order valence-electron chi connectivity index (χ3n) is 3.87. The van der Waals surface area contributed by atoms with Gasteiger partial charge >= 0.3 is 5.69 Å². The number of nitrogens with zero attached hydrogens (tertiary/aromatic N) is 4. The molecule has 0 saturated heterocycles. The summed E-state index contributed by atoms with van der Waals surface area (Å²) in [5.41, 5.74) is 0.787. The van der Waals surface area contributed by atoms with E-state index in [1.165, 1.54) is 6.20 Å². The molecule has 0 aliphatic heterocycles. The lowest BCUT2D eigenvalue weighted by Gasteiger charge is -2.19. The van der Waals surface area contributed by atoms with Crippen molar-refractivity contribution in [3.05, 3.63) is 54.1 Å². The van der Waals surface area contributed by atoms with E-state index in [9.17, 15) is 9.18 Å². The number of pyridine rings is 2. The fraction of sp³-hybridized carbons (Fsp3) is 0.250. The van der Waals surface area contributed by atoms with Crippen molar-refractivity contribution >= 4 is 57.4 Å². The van der Waals surface area contributed by atoms with Crippen molar-refractivity contribution in [2.45, 2.75) is 26.7 Å². The Kier molecular flexibility index (Phi) is 5.14. The normalized spacial score (nSPS) is 11.6. The Labute approximate surface area is 167 Å². The van der Waals surface area contributed by atoms with Gasteiger partial charge in [-0.25, -0.2) is 18.7 Å². The molecule has 0 fully saturated rings. The van der Waals surface area contributed by atoms with Crippen LogP contribution in [0.1, 0.15) is 31.0 Å². The van der Waals surface area contributed by atoms with Crippen LogP contribution in [0.25, 0.3) is 16.7 Å². The Morgan fingerprint density at radius 3 is 2.38 bits per heavy atom. The SMILES string of the molecule is Cc1c(Cl)cnc(C(C)C)c1-n1c(=O)nc(Cl)c2c(Cl)c(F)c(Cl)nc21. The molecule has 0 radical (unpaired) electrons. The van der Waals surface area contributed by atoms with Gasteiger partial charge in [-0.2, -0.15) is 4.98 Å². The number of fused-ring (bicyclic) bond motifs is 1. The molecule has 0 spiro atoms. The summed E-state index contributed by atoms with van der Waals surface area (Å²) in [4.78, 5) is 24.7. The molecular weight excluding hydrogens is 425 g/mol. The Hall–Kier alpha value is -1.47. The zero-order valence-electron chi connectivity index (χ0n) is 13.7. The van der Waals surface area contributed by atoms with Gasteiger partial charge in [-0.15, -0.1) is 0 Å². The van der Waals surface area contributed by atoms with E-state index in [0.717, 1.165) is 4.57 Å². The van der Waals surface area contributed by atoms with Gasteiger partial charge in [-0.05, 0) is 18.4 Å². The third kappa shape index (κ3) is 2.95. The van der Waals surface area contributed by atoms with Crippen LogP contribution in [0.4, 0.5) is 4.39 Å². The average molecular weight is 436 g/mol. The molecule has 0 N–H and O–H groups in total. The van der Waals surface area contributed by atoms with Gasteiger partial charge in [0, 0.05) is 6.20 Å². The van der Waals surface area contributed by atoms with Gasteiger partial charge in [0.1, 0.15) is 5.15 Å². The number of halogens is 5. The molecule has 3 aromatic rings. The van der Waals surface area contributed by atoms with Crippen molar-refractivity contribution in [1.29, 1.82) is 0 Å². The van der Waals surface area contributed by atoms with E-state index in [1.807, 2.05) is 13.8 Å². The van der Waals surface area contributed by atoms with Crippen LogP contribution in [-0.2, 0) is 0 Å². The van der Waals surface area contributed by atoms with Crippen molar-refractivity contribution < 1.29 is 4.39 Å². The van der Waals surface area contributed by atoms with Gasteiger partial charge in [-0.1, -0.05) is 60.3 Å². The molecule has 3 heterocycles. The second-order valence-electron chi connectivity index (χ2n) is 5.87. The second kappa shape index (κ2) is 6.93. The first-order valence-electron chi connectivity index (χ1n) is 7.43. The second-order valence-corrected chi connectivity index (χ2v) is 7.37. The standard InChI is InChI=1S/C16H11Cl4FN4O/c1-5(2)11-12(6(3)7(17)4-22-11)25-15-8(13(19)24-16(25)26)9(18)10(21)14(20)23-15/h4-5H,1-3H3. The number of aromatic nitrogens is 4. The summed E-state index contributed by atoms with van der Waals surface area (Å²) in [6, 6.07) is 0. The monoisotopic (exact) mass is 434 g/mol. The molecule has 26 heavy (non-hydrogen) atoms. The molecule has 0 unspecified atom stereocenters. The lowest BCUT2D eigenvalue weighted by atomic mass is 10.0. The van der Waals surface area contributed by atoms with Crippen molar-refractivity contribution in [2.24, 2.45) is 0 Å². The first kappa shape index (κ1) is 19.3. The summed E-state index contributed by atoms with van der Waals surface area (Å²) < 4.78 is 15.2. The van der Waals surface area contributed by atoms with E-state index in [1.54, 1.807) is 6.92 Å². The van der Waals surface area contributed by atoms with Crippen molar-refractivity contribution in [3.63, 3.8) is 0 Å². The topological polar surface area (TPSA) is 60.7 Å².